The third kappa shape index (κ3) is 4.20. The maximum Gasteiger partial charge on any atom is 0.338 e. The van der Waals surface area contributed by atoms with Crippen molar-refractivity contribution in [1.29, 1.82) is 0 Å². The van der Waals surface area contributed by atoms with E-state index in [1.807, 2.05) is 17.6 Å². The van der Waals surface area contributed by atoms with Crippen LogP contribution in [0.2, 0.25) is 0 Å². The summed E-state index contributed by atoms with van der Waals surface area (Å²) >= 11 is 1.34. The average Bonchev–Trinajstić information content (AvgIpc) is 3.25. The summed E-state index contributed by atoms with van der Waals surface area (Å²) in [7, 11) is 1.75. The van der Waals surface area contributed by atoms with E-state index in [2.05, 4.69) is 9.98 Å². The van der Waals surface area contributed by atoms with Gasteiger partial charge in [-0.25, -0.2) is 9.78 Å². The number of thiazole rings is 1. The summed E-state index contributed by atoms with van der Waals surface area (Å²) in [4.78, 5) is 33.4. The number of imidazole rings is 1. The van der Waals surface area contributed by atoms with Gasteiger partial charge in [0.05, 0.1) is 29.0 Å². The first kappa shape index (κ1) is 20.0. The number of benzene rings is 1. The molecule has 0 aliphatic rings. The molecule has 0 aliphatic carbocycles. The van der Waals surface area contributed by atoms with Crippen LogP contribution in [0, 0.1) is 0 Å². The lowest BCUT2D eigenvalue weighted by Crippen LogP contribution is -2.20. The van der Waals surface area contributed by atoms with Crippen molar-refractivity contribution in [3.05, 3.63) is 46.8 Å². The van der Waals surface area contributed by atoms with Crippen LogP contribution >= 0.6 is 11.3 Å². The van der Waals surface area contributed by atoms with Gasteiger partial charge in [0.1, 0.15) is 0 Å². The van der Waals surface area contributed by atoms with Gasteiger partial charge in [0.15, 0.2) is 4.80 Å². The Morgan fingerprint density at radius 3 is 2.75 bits per heavy atom. The number of fused-ring (bicyclic) bond motifs is 1. The van der Waals surface area contributed by atoms with Crippen LogP contribution in [0.25, 0.3) is 10.2 Å². The van der Waals surface area contributed by atoms with Crippen molar-refractivity contribution < 1.29 is 19.1 Å². The lowest BCUT2D eigenvalue weighted by molar-refractivity contribution is 0.0526. The summed E-state index contributed by atoms with van der Waals surface area (Å²) in [6.07, 6.45) is 3.25. The van der Waals surface area contributed by atoms with Crippen LogP contribution in [0.15, 0.2) is 35.6 Å². The van der Waals surface area contributed by atoms with E-state index in [1.165, 1.54) is 11.3 Å². The van der Waals surface area contributed by atoms with Crippen molar-refractivity contribution >= 4 is 33.4 Å². The molecule has 2 heterocycles. The van der Waals surface area contributed by atoms with E-state index in [4.69, 9.17) is 9.47 Å². The molecule has 0 aliphatic heterocycles. The number of rotatable bonds is 7. The molecule has 0 atom stereocenters. The Kier molecular flexibility index (Phi) is 6.37. The number of hydrogen-bond donors (Lipinski definition) is 0. The fraction of sp³-hybridized carbons (Fsp3) is 0.368. The summed E-state index contributed by atoms with van der Waals surface area (Å²) in [6.45, 7) is 5.65. The third-order valence-electron chi connectivity index (χ3n) is 4.07. The number of aromatic nitrogens is 3. The van der Waals surface area contributed by atoms with Crippen LogP contribution in [0.5, 0.6) is 0 Å². The molecular weight excluding hydrogens is 380 g/mol. The van der Waals surface area contributed by atoms with Crippen LogP contribution in [0.4, 0.5) is 0 Å². The minimum absolute atomic E-state index is 0.265. The zero-order chi connectivity index (χ0) is 20.1. The number of amides is 1. The van der Waals surface area contributed by atoms with Gasteiger partial charge in [-0.15, -0.1) is 0 Å². The summed E-state index contributed by atoms with van der Waals surface area (Å²) in [5.74, 6) is -0.530. The molecule has 8 nitrogen and oxygen atoms in total. The monoisotopic (exact) mass is 402 g/mol. The Labute approximate surface area is 166 Å². The minimum Gasteiger partial charge on any atom is -0.462 e. The molecule has 0 saturated heterocycles. The molecular formula is C19H22N4O4S. The molecule has 28 heavy (non-hydrogen) atoms. The summed E-state index contributed by atoms with van der Waals surface area (Å²) in [5.41, 5.74) is 1.35. The first-order chi connectivity index (χ1) is 13.5. The number of carbonyl (C=O) groups is 2. The molecule has 0 N–H and O–H groups in total. The van der Waals surface area contributed by atoms with Gasteiger partial charge in [0.2, 0.25) is 5.82 Å². The van der Waals surface area contributed by atoms with Gasteiger partial charge < -0.3 is 18.6 Å². The zero-order valence-corrected chi connectivity index (χ0v) is 16.9. The fourth-order valence-corrected chi connectivity index (χ4v) is 3.82. The fourth-order valence-electron chi connectivity index (χ4n) is 2.72. The smallest absolute Gasteiger partial charge is 0.338 e. The summed E-state index contributed by atoms with van der Waals surface area (Å²) < 4.78 is 14.9. The lowest BCUT2D eigenvalue weighted by Gasteiger charge is -2.06. The van der Waals surface area contributed by atoms with Gasteiger partial charge in [-0.3, -0.25) is 4.79 Å². The minimum atomic E-state index is -0.421. The van der Waals surface area contributed by atoms with E-state index in [-0.39, 0.29) is 11.8 Å². The molecule has 2 aromatic heterocycles. The first-order valence-corrected chi connectivity index (χ1v) is 9.81. The highest BCUT2D eigenvalue weighted by Gasteiger charge is 2.14. The van der Waals surface area contributed by atoms with Crippen LogP contribution in [0.3, 0.4) is 0 Å². The van der Waals surface area contributed by atoms with Crippen LogP contribution in [0.1, 0.15) is 34.8 Å². The lowest BCUT2D eigenvalue weighted by atomic mass is 10.2. The van der Waals surface area contributed by atoms with E-state index in [0.29, 0.717) is 36.7 Å². The number of hydrogen-bond acceptors (Lipinski definition) is 6. The Hall–Kier alpha value is -2.78. The largest absolute Gasteiger partial charge is 0.462 e. The Bertz CT molecular complexity index is 1060. The second-order valence-electron chi connectivity index (χ2n) is 5.91. The predicted molar refractivity (Wildman–Crippen MR) is 105 cm³/mol. The molecule has 148 valence electrons. The van der Waals surface area contributed by atoms with Crippen molar-refractivity contribution in [2.45, 2.75) is 20.4 Å². The molecule has 0 unspecified atom stereocenters. The molecule has 1 aromatic carbocycles. The third-order valence-corrected chi connectivity index (χ3v) is 5.11. The van der Waals surface area contributed by atoms with E-state index in [9.17, 15) is 9.59 Å². The molecule has 9 heteroatoms. The van der Waals surface area contributed by atoms with Crippen molar-refractivity contribution in [3.8, 4) is 0 Å². The highest BCUT2D eigenvalue weighted by Crippen LogP contribution is 2.20. The summed E-state index contributed by atoms with van der Waals surface area (Å²) in [6, 6.07) is 5.32. The van der Waals surface area contributed by atoms with Crippen molar-refractivity contribution in [2.75, 3.05) is 19.8 Å². The number of aryl methyl sites for hydroxylation is 1. The standard InChI is InChI=1S/C19H22N4O4S/c1-4-26-11-10-23-14-7-6-13(18(25)27-5-2)12-15(14)28-19(23)21-17(24)16-20-8-9-22(16)3/h6-9,12H,4-5,10-11H2,1-3H3. The topological polar surface area (TPSA) is 87.7 Å². The molecule has 3 rings (SSSR count). The van der Waals surface area contributed by atoms with E-state index < -0.39 is 5.91 Å². The van der Waals surface area contributed by atoms with E-state index >= 15 is 0 Å². The molecule has 0 spiro atoms. The number of ether oxygens (including phenoxy) is 2. The van der Waals surface area contributed by atoms with Gasteiger partial charge in [-0.05, 0) is 32.0 Å². The Morgan fingerprint density at radius 2 is 2.07 bits per heavy atom. The van der Waals surface area contributed by atoms with Gasteiger partial charge in [-0.2, -0.15) is 4.99 Å². The maximum atomic E-state index is 12.6. The second-order valence-corrected chi connectivity index (χ2v) is 6.92. The quantitative estimate of drug-likeness (QED) is 0.447. The van der Waals surface area contributed by atoms with Crippen molar-refractivity contribution in [1.82, 2.24) is 14.1 Å². The van der Waals surface area contributed by atoms with Gasteiger partial charge in [0, 0.05) is 32.6 Å². The summed E-state index contributed by atoms with van der Waals surface area (Å²) in [5, 5.41) is 0. The van der Waals surface area contributed by atoms with Gasteiger partial charge in [-0.1, -0.05) is 11.3 Å². The van der Waals surface area contributed by atoms with Gasteiger partial charge in [0.25, 0.3) is 0 Å². The van der Waals surface area contributed by atoms with Crippen LogP contribution in [-0.4, -0.2) is 45.8 Å². The highest BCUT2D eigenvalue weighted by molar-refractivity contribution is 7.16. The highest BCUT2D eigenvalue weighted by atomic mass is 32.1. The molecule has 0 fully saturated rings. The molecule has 0 bridgehead atoms. The van der Waals surface area contributed by atoms with Crippen LogP contribution in [-0.2, 0) is 23.1 Å². The average molecular weight is 402 g/mol. The Balaban J connectivity index is 2.07. The zero-order valence-electron chi connectivity index (χ0n) is 16.0. The molecule has 1 amide bonds. The second kappa shape index (κ2) is 8.94. The number of esters is 1. The maximum absolute atomic E-state index is 12.6. The normalized spacial score (nSPS) is 11.9. The van der Waals surface area contributed by atoms with Gasteiger partial charge >= 0.3 is 11.9 Å². The predicted octanol–water partition coefficient (Wildman–Crippen LogP) is 2.39. The number of nitrogens with zero attached hydrogens (tertiary/aromatic N) is 4. The van der Waals surface area contributed by atoms with E-state index in [0.717, 1.165) is 10.2 Å². The molecule has 0 saturated carbocycles. The van der Waals surface area contributed by atoms with E-state index in [1.54, 1.807) is 43.1 Å². The Morgan fingerprint density at radius 1 is 1.25 bits per heavy atom. The molecule has 0 radical (unpaired) electrons. The number of carbonyl (C=O) groups excluding carboxylic acids is 2. The SMILES string of the molecule is CCOCCn1c(=NC(=O)c2nccn2C)sc2cc(C(=O)OCC)ccc21. The molecule has 3 aromatic rings. The first-order valence-electron chi connectivity index (χ1n) is 8.99. The van der Waals surface area contributed by atoms with Crippen molar-refractivity contribution in [2.24, 2.45) is 12.0 Å². The van der Waals surface area contributed by atoms with Crippen molar-refractivity contribution in [3.63, 3.8) is 0 Å². The van der Waals surface area contributed by atoms with Crippen LogP contribution < -0.4 is 4.80 Å².